The van der Waals surface area contributed by atoms with E-state index in [-0.39, 0.29) is 31.3 Å². The fourth-order valence-electron chi connectivity index (χ4n) is 4.67. The molecule has 0 amide bonds. The first-order chi connectivity index (χ1) is 18.8. The molecule has 2 rings (SSSR count). The first-order valence-electron chi connectivity index (χ1n) is 14.8. The quantitative estimate of drug-likeness (QED) is 0.283. The smallest absolute Gasteiger partial charge is 0.320 e. The van der Waals surface area contributed by atoms with Crippen LogP contribution >= 0.6 is 0 Å². The molecule has 11 nitrogen and oxygen atoms in total. The maximum atomic E-state index is 12.7. The van der Waals surface area contributed by atoms with Gasteiger partial charge in [0, 0.05) is 65.5 Å². The summed E-state index contributed by atoms with van der Waals surface area (Å²) in [6.45, 7) is 19.2. The highest BCUT2D eigenvalue weighted by Crippen LogP contribution is 2.14. The number of esters is 2. The van der Waals surface area contributed by atoms with Gasteiger partial charge in [-0.2, -0.15) is 0 Å². The molecule has 2 aliphatic rings. The van der Waals surface area contributed by atoms with Gasteiger partial charge in [0.2, 0.25) is 0 Å². The summed E-state index contributed by atoms with van der Waals surface area (Å²) in [5.41, 5.74) is -1.12. The average molecular weight is 571 g/mol. The largest absolute Gasteiger partial charge is 0.459 e. The molecule has 2 heterocycles. The molecule has 0 N–H and O–H groups in total. The lowest BCUT2D eigenvalue weighted by Crippen LogP contribution is -2.49. The van der Waals surface area contributed by atoms with Gasteiger partial charge in [0.15, 0.2) is 6.29 Å². The molecule has 0 aromatic carbocycles. The van der Waals surface area contributed by atoms with Gasteiger partial charge in [0.25, 0.3) is 0 Å². The molecule has 0 spiro atoms. The normalized spacial score (nSPS) is 22.2. The van der Waals surface area contributed by atoms with Crippen LogP contribution in [0.4, 0.5) is 0 Å². The van der Waals surface area contributed by atoms with Crippen LogP contribution in [0.3, 0.4) is 0 Å². The fourth-order valence-corrected chi connectivity index (χ4v) is 4.67. The van der Waals surface area contributed by atoms with Crippen molar-refractivity contribution in [2.45, 2.75) is 78.3 Å². The zero-order chi connectivity index (χ0) is 29.6. The molecule has 0 radical (unpaired) electrons. The lowest BCUT2D eigenvalue weighted by Gasteiger charge is -2.34. The number of nitrogens with zero attached hydrogens (tertiary/aromatic N) is 4. The van der Waals surface area contributed by atoms with Crippen molar-refractivity contribution in [3.05, 3.63) is 0 Å². The van der Waals surface area contributed by atoms with Crippen molar-refractivity contribution >= 4 is 18.2 Å². The third-order valence-corrected chi connectivity index (χ3v) is 6.66. The highest BCUT2D eigenvalue weighted by atomic mass is 16.7. The van der Waals surface area contributed by atoms with E-state index in [9.17, 15) is 14.4 Å². The minimum Gasteiger partial charge on any atom is -0.459 e. The minimum atomic E-state index is -0.563. The third kappa shape index (κ3) is 16.0. The van der Waals surface area contributed by atoms with Crippen LogP contribution in [0, 0.1) is 0 Å². The number of hydrogen-bond acceptors (Lipinski definition) is 11. The second-order valence-corrected chi connectivity index (χ2v) is 12.7. The predicted octanol–water partition coefficient (Wildman–Crippen LogP) is 1.63. The molecule has 2 saturated heterocycles. The molecule has 11 heteroatoms. The van der Waals surface area contributed by atoms with E-state index >= 15 is 0 Å². The Kier molecular flexibility index (Phi) is 15.0. The maximum absolute atomic E-state index is 12.7. The number of ether oxygens (including phenoxy) is 4. The van der Waals surface area contributed by atoms with E-state index in [1.54, 1.807) is 0 Å². The Morgan fingerprint density at radius 3 is 1.65 bits per heavy atom. The van der Waals surface area contributed by atoms with Crippen molar-refractivity contribution in [1.82, 2.24) is 19.6 Å². The lowest BCUT2D eigenvalue weighted by atomic mass is 10.2. The van der Waals surface area contributed by atoms with Crippen LogP contribution in [-0.4, -0.2) is 147 Å². The molecule has 0 bridgehead atoms. The molecule has 0 saturated carbocycles. The maximum Gasteiger partial charge on any atom is 0.320 e. The standard InChI is InChI=1S/C29H54N4O7/c1-28(2,3)39-25(35)23-32-14-12-30(18-20-34)10-11-31(19-22-38-27-9-7-8-21-37-27)13-15-33(17-16-32)24-26(36)40-29(4,5)6/h20,27H,7-19,21-24H2,1-6H3. The van der Waals surface area contributed by atoms with E-state index < -0.39 is 11.2 Å². The van der Waals surface area contributed by atoms with Gasteiger partial charge in [-0.1, -0.05) is 0 Å². The first-order valence-corrected chi connectivity index (χ1v) is 14.8. The van der Waals surface area contributed by atoms with Crippen molar-refractivity contribution in [2.75, 3.05) is 91.8 Å². The highest BCUT2D eigenvalue weighted by molar-refractivity contribution is 5.72. The molecule has 232 valence electrons. The second-order valence-electron chi connectivity index (χ2n) is 12.7. The number of carbonyl (C=O) groups excluding carboxylic acids is 3. The summed E-state index contributed by atoms with van der Waals surface area (Å²) < 4.78 is 22.9. The monoisotopic (exact) mass is 570 g/mol. The SMILES string of the molecule is CC(C)(C)OC(=O)CN1CCN(CC=O)CCN(CCOC2CCCCO2)CCN(CC(=O)OC(C)(C)C)CC1. The van der Waals surface area contributed by atoms with Gasteiger partial charge in [-0.15, -0.1) is 0 Å². The van der Waals surface area contributed by atoms with Gasteiger partial charge in [-0.3, -0.25) is 29.2 Å². The van der Waals surface area contributed by atoms with Crippen LogP contribution in [0.15, 0.2) is 0 Å². The van der Waals surface area contributed by atoms with Crippen LogP contribution in [0.1, 0.15) is 60.8 Å². The van der Waals surface area contributed by atoms with Crippen LogP contribution in [0.2, 0.25) is 0 Å². The number of hydrogen-bond donors (Lipinski definition) is 0. The van der Waals surface area contributed by atoms with Gasteiger partial charge < -0.3 is 23.7 Å². The third-order valence-electron chi connectivity index (χ3n) is 6.66. The predicted molar refractivity (Wildman–Crippen MR) is 153 cm³/mol. The van der Waals surface area contributed by atoms with E-state index in [0.29, 0.717) is 52.4 Å². The van der Waals surface area contributed by atoms with Crippen molar-refractivity contribution in [3.63, 3.8) is 0 Å². The van der Waals surface area contributed by atoms with Crippen LogP contribution in [0.25, 0.3) is 0 Å². The summed E-state index contributed by atoms with van der Waals surface area (Å²) in [4.78, 5) is 45.4. The Balaban J connectivity index is 2.09. The number of carbonyl (C=O) groups is 3. The van der Waals surface area contributed by atoms with Crippen molar-refractivity contribution in [1.29, 1.82) is 0 Å². The van der Waals surface area contributed by atoms with E-state index in [2.05, 4.69) is 14.7 Å². The summed E-state index contributed by atoms with van der Waals surface area (Å²) >= 11 is 0. The molecule has 40 heavy (non-hydrogen) atoms. The van der Waals surface area contributed by atoms with Crippen molar-refractivity contribution in [2.24, 2.45) is 0 Å². The molecular formula is C29H54N4O7. The molecule has 2 fully saturated rings. The Labute approximate surface area is 241 Å². The van der Waals surface area contributed by atoms with Gasteiger partial charge in [0.05, 0.1) is 26.2 Å². The van der Waals surface area contributed by atoms with E-state index in [4.69, 9.17) is 18.9 Å². The van der Waals surface area contributed by atoms with E-state index in [1.165, 1.54) is 0 Å². The molecular weight excluding hydrogens is 516 g/mol. The molecule has 0 aromatic heterocycles. The zero-order valence-electron chi connectivity index (χ0n) is 25.8. The molecule has 2 aliphatic heterocycles. The Morgan fingerprint density at radius 1 is 0.750 bits per heavy atom. The van der Waals surface area contributed by atoms with Gasteiger partial charge >= 0.3 is 11.9 Å². The topological polar surface area (TPSA) is 101 Å². The number of aldehydes is 1. The van der Waals surface area contributed by atoms with Gasteiger partial charge in [-0.25, -0.2) is 0 Å². The summed E-state index contributed by atoms with van der Waals surface area (Å²) in [5.74, 6) is -0.548. The second kappa shape index (κ2) is 17.4. The Morgan fingerprint density at radius 2 is 1.23 bits per heavy atom. The van der Waals surface area contributed by atoms with Crippen LogP contribution < -0.4 is 0 Å². The van der Waals surface area contributed by atoms with Gasteiger partial charge in [0.1, 0.15) is 17.5 Å². The minimum absolute atomic E-state index is 0.132. The molecule has 0 aromatic rings. The van der Waals surface area contributed by atoms with E-state index in [1.807, 2.05) is 46.4 Å². The summed E-state index contributed by atoms with van der Waals surface area (Å²) in [6, 6.07) is 0. The van der Waals surface area contributed by atoms with Crippen molar-refractivity contribution in [3.8, 4) is 0 Å². The zero-order valence-corrected chi connectivity index (χ0v) is 25.8. The first kappa shape index (κ1) is 34.6. The molecule has 1 atom stereocenters. The highest BCUT2D eigenvalue weighted by Gasteiger charge is 2.24. The summed E-state index contributed by atoms with van der Waals surface area (Å²) in [7, 11) is 0. The van der Waals surface area contributed by atoms with E-state index in [0.717, 1.165) is 51.8 Å². The van der Waals surface area contributed by atoms with Crippen LogP contribution in [0.5, 0.6) is 0 Å². The number of rotatable bonds is 10. The van der Waals surface area contributed by atoms with Gasteiger partial charge in [-0.05, 0) is 60.8 Å². The summed E-state index contributed by atoms with van der Waals surface area (Å²) in [5, 5.41) is 0. The Hall–Kier alpha value is -1.63. The fraction of sp³-hybridized carbons (Fsp3) is 0.897. The van der Waals surface area contributed by atoms with Crippen LogP contribution in [-0.2, 0) is 33.3 Å². The van der Waals surface area contributed by atoms with Crippen molar-refractivity contribution < 1.29 is 33.3 Å². The molecule has 1 unspecified atom stereocenters. The Bertz CT molecular complexity index is 762. The average Bonchev–Trinajstić information content (AvgIpc) is 2.83. The lowest BCUT2D eigenvalue weighted by molar-refractivity contribution is -0.164. The molecule has 0 aliphatic carbocycles. The summed E-state index contributed by atoms with van der Waals surface area (Å²) in [6.07, 6.45) is 3.94.